The number of carbonyl (C=O) groups is 1. The molecule has 2 aromatic carbocycles. The second-order valence-electron chi connectivity index (χ2n) is 4.38. The van der Waals surface area contributed by atoms with Crippen LogP contribution in [-0.2, 0) is 11.2 Å². The van der Waals surface area contributed by atoms with Crippen LogP contribution in [-0.4, -0.2) is 11.1 Å². The average Bonchev–Trinajstić information content (AvgIpc) is 2.46. The van der Waals surface area contributed by atoms with E-state index in [0.29, 0.717) is 0 Å². The molecule has 0 radical (unpaired) electrons. The molecule has 0 heterocycles. The first-order chi connectivity index (χ1) is 9.20. The molecule has 0 saturated heterocycles. The van der Waals surface area contributed by atoms with Crippen molar-refractivity contribution in [1.29, 1.82) is 0 Å². The fourth-order valence-electron chi connectivity index (χ4n) is 1.94. The van der Waals surface area contributed by atoms with Crippen LogP contribution in [0.5, 0.6) is 0 Å². The van der Waals surface area contributed by atoms with Crippen LogP contribution in [0.15, 0.2) is 54.6 Å². The van der Waals surface area contributed by atoms with Gasteiger partial charge in [-0.2, -0.15) is 0 Å². The van der Waals surface area contributed by atoms with Crippen LogP contribution in [0.25, 0.3) is 0 Å². The number of aryl methyl sites for hydroxylation is 1. The van der Waals surface area contributed by atoms with E-state index in [9.17, 15) is 9.90 Å². The summed E-state index contributed by atoms with van der Waals surface area (Å²) in [5.74, 6) is -0.884. The Balaban J connectivity index is 2.19. The topological polar surface area (TPSA) is 49.3 Å². The molecule has 0 bridgehead atoms. The zero-order chi connectivity index (χ0) is 13.7. The monoisotopic (exact) mass is 255 g/mol. The molecule has 0 aliphatic rings. The number of carboxylic acid groups (broad SMARTS) is 1. The van der Waals surface area contributed by atoms with Gasteiger partial charge in [0.15, 0.2) is 6.04 Å². The first-order valence-electron chi connectivity index (χ1n) is 6.34. The van der Waals surface area contributed by atoms with Gasteiger partial charge in [0.2, 0.25) is 0 Å². The Labute approximate surface area is 112 Å². The molecular weight excluding hydrogens is 238 g/mol. The number of rotatable bonds is 5. The van der Waals surface area contributed by atoms with Crippen LogP contribution < -0.4 is 5.32 Å². The molecule has 2 aromatic rings. The van der Waals surface area contributed by atoms with Gasteiger partial charge >= 0.3 is 5.97 Å². The number of hydrogen-bond acceptors (Lipinski definition) is 2. The highest BCUT2D eigenvalue weighted by molar-refractivity contribution is 5.79. The molecule has 0 saturated carbocycles. The minimum atomic E-state index is -0.884. The second kappa shape index (κ2) is 6.05. The van der Waals surface area contributed by atoms with Crippen molar-refractivity contribution in [2.24, 2.45) is 0 Å². The molecule has 0 amide bonds. The Bertz CT molecular complexity index is 534. The summed E-state index contributed by atoms with van der Waals surface area (Å²) in [6.07, 6.45) is 0.974. The standard InChI is InChI=1S/C16H17NO2/c1-2-12-8-10-14(11-9-12)17-15(16(18)19)13-6-4-3-5-7-13/h3-11,15,17H,2H2,1H3,(H,18,19). The summed E-state index contributed by atoms with van der Waals surface area (Å²) in [5, 5.41) is 12.4. The van der Waals surface area contributed by atoms with Crippen LogP contribution in [0.3, 0.4) is 0 Å². The third-order valence-electron chi connectivity index (χ3n) is 3.05. The van der Waals surface area contributed by atoms with Crippen LogP contribution in [0.1, 0.15) is 24.1 Å². The normalized spacial score (nSPS) is 11.8. The highest BCUT2D eigenvalue weighted by Crippen LogP contribution is 2.20. The van der Waals surface area contributed by atoms with Crippen molar-refractivity contribution in [3.8, 4) is 0 Å². The molecule has 1 unspecified atom stereocenters. The van der Waals surface area contributed by atoms with Gasteiger partial charge in [-0.05, 0) is 29.7 Å². The smallest absolute Gasteiger partial charge is 0.330 e. The highest BCUT2D eigenvalue weighted by atomic mass is 16.4. The fourth-order valence-corrected chi connectivity index (χ4v) is 1.94. The first kappa shape index (κ1) is 13.1. The Morgan fingerprint density at radius 3 is 2.26 bits per heavy atom. The number of aliphatic carboxylic acids is 1. The summed E-state index contributed by atoms with van der Waals surface area (Å²) in [5.41, 5.74) is 2.79. The molecular formula is C16H17NO2. The molecule has 0 fully saturated rings. The Morgan fingerprint density at radius 2 is 1.74 bits per heavy atom. The van der Waals surface area contributed by atoms with E-state index in [4.69, 9.17) is 0 Å². The molecule has 0 spiro atoms. The maximum Gasteiger partial charge on any atom is 0.330 e. The summed E-state index contributed by atoms with van der Waals surface area (Å²) >= 11 is 0. The predicted octanol–water partition coefficient (Wildman–Crippen LogP) is 3.49. The molecule has 2 N–H and O–H groups in total. The number of hydrogen-bond donors (Lipinski definition) is 2. The zero-order valence-corrected chi connectivity index (χ0v) is 10.8. The van der Waals surface area contributed by atoms with Crippen molar-refractivity contribution < 1.29 is 9.90 Å². The van der Waals surface area contributed by atoms with Crippen LogP contribution in [0.4, 0.5) is 5.69 Å². The van der Waals surface area contributed by atoms with Crippen LogP contribution in [0, 0.1) is 0 Å². The third kappa shape index (κ3) is 3.35. The fraction of sp³-hybridized carbons (Fsp3) is 0.188. The van der Waals surface area contributed by atoms with Gasteiger partial charge < -0.3 is 10.4 Å². The molecule has 1 atom stereocenters. The van der Waals surface area contributed by atoms with E-state index in [-0.39, 0.29) is 0 Å². The molecule has 98 valence electrons. The zero-order valence-electron chi connectivity index (χ0n) is 10.8. The Kier molecular flexibility index (Phi) is 4.18. The Morgan fingerprint density at radius 1 is 1.11 bits per heavy atom. The lowest BCUT2D eigenvalue weighted by molar-refractivity contribution is -0.138. The lowest BCUT2D eigenvalue weighted by Crippen LogP contribution is -2.20. The van der Waals surface area contributed by atoms with Gasteiger partial charge in [-0.3, -0.25) is 0 Å². The summed E-state index contributed by atoms with van der Waals surface area (Å²) in [6, 6.07) is 16.3. The quantitative estimate of drug-likeness (QED) is 0.859. The van der Waals surface area contributed by atoms with Gasteiger partial charge in [0, 0.05) is 5.69 Å². The van der Waals surface area contributed by atoms with Gasteiger partial charge in [0.1, 0.15) is 0 Å². The summed E-state index contributed by atoms with van der Waals surface area (Å²) < 4.78 is 0. The number of benzene rings is 2. The van der Waals surface area contributed by atoms with E-state index in [1.165, 1.54) is 5.56 Å². The lowest BCUT2D eigenvalue weighted by Gasteiger charge is -2.16. The van der Waals surface area contributed by atoms with E-state index in [1.54, 1.807) is 0 Å². The second-order valence-corrected chi connectivity index (χ2v) is 4.38. The van der Waals surface area contributed by atoms with Crippen molar-refractivity contribution in [2.75, 3.05) is 5.32 Å². The molecule has 0 aromatic heterocycles. The summed E-state index contributed by atoms with van der Waals surface area (Å²) in [6.45, 7) is 2.09. The first-order valence-corrected chi connectivity index (χ1v) is 6.34. The van der Waals surface area contributed by atoms with Crippen molar-refractivity contribution in [3.63, 3.8) is 0 Å². The van der Waals surface area contributed by atoms with Gasteiger partial charge in [-0.15, -0.1) is 0 Å². The summed E-state index contributed by atoms with van der Waals surface area (Å²) in [4.78, 5) is 11.4. The molecule has 0 aliphatic heterocycles. The van der Waals surface area contributed by atoms with Crippen LogP contribution >= 0.6 is 0 Å². The number of anilines is 1. The largest absolute Gasteiger partial charge is 0.479 e. The molecule has 0 aliphatic carbocycles. The molecule has 3 heteroatoms. The Hall–Kier alpha value is -2.29. The van der Waals surface area contributed by atoms with Crippen molar-refractivity contribution in [2.45, 2.75) is 19.4 Å². The van der Waals surface area contributed by atoms with E-state index in [2.05, 4.69) is 12.2 Å². The summed E-state index contributed by atoms with van der Waals surface area (Å²) in [7, 11) is 0. The molecule has 3 nitrogen and oxygen atoms in total. The maximum absolute atomic E-state index is 11.4. The van der Waals surface area contributed by atoms with E-state index in [0.717, 1.165) is 17.7 Å². The average molecular weight is 255 g/mol. The number of carboxylic acids is 1. The lowest BCUT2D eigenvalue weighted by atomic mass is 10.1. The van der Waals surface area contributed by atoms with Crippen molar-refractivity contribution in [1.82, 2.24) is 0 Å². The van der Waals surface area contributed by atoms with Crippen molar-refractivity contribution in [3.05, 3.63) is 65.7 Å². The minimum Gasteiger partial charge on any atom is -0.479 e. The maximum atomic E-state index is 11.4. The predicted molar refractivity (Wildman–Crippen MR) is 76.3 cm³/mol. The minimum absolute atomic E-state index is 0.728. The highest BCUT2D eigenvalue weighted by Gasteiger charge is 2.18. The van der Waals surface area contributed by atoms with Crippen molar-refractivity contribution >= 4 is 11.7 Å². The van der Waals surface area contributed by atoms with Gasteiger partial charge in [0.25, 0.3) is 0 Å². The van der Waals surface area contributed by atoms with Crippen LogP contribution in [0.2, 0.25) is 0 Å². The molecule has 19 heavy (non-hydrogen) atoms. The molecule has 2 rings (SSSR count). The number of nitrogens with one attached hydrogen (secondary N) is 1. The third-order valence-corrected chi connectivity index (χ3v) is 3.05. The van der Waals surface area contributed by atoms with E-state index < -0.39 is 12.0 Å². The van der Waals surface area contributed by atoms with E-state index in [1.807, 2.05) is 54.6 Å². The van der Waals surface area contributed by atoms with Gasteiger partial charge in [0.05, 0.1) is 0 Å². The van der Waals surface area contributed by atoms with E-state index >= 15 is 0 Å². The van der Waals surface area contributed by atoms with Gasteiger partial charge in [-0.25, -0.2) is 4.79 Å². The van der Waals surface area contributed by atoms with Gasteiger partial charge in [-0.1, -0.05) is 49.4 Å². The SMILES string of the molecule is CCc1ccc(NC(C(=O)O)c2ccccc2)cc1.